The van der Waals surface area contributed by atoms with Crippen molar-refractivity contribution in [2.75, 3.05) is 38.5 Å². The fraction of sp³-hybridized carbons (Fsp3) is 0.286. The molecule has 9 heteroatoms. The average molecular weight is 542 g/mol. The summed E-state index contributed by atoms with van der Waals surface area (Å²) in [5, 5.41) is 6.52. The van der Waals surface area contributed by atoms with Crippen LogP contribution in [0.5, 0.6) is 0 Å². The number of piperazine rings is 1. The lowest BCUT2D eigenvalue weighted by molar-refractivity contribution is -0.135. The largest absolute Gasteiger partial charge is 0.347 e. The third kappa shape index (κ3) is 6.88. The van der Waals surface area contributed by atoms with E-state index in [9.17, 15) is 9.59 Å². The first kappa shape index (κ1) is 23.9. The van der Waals surface area contributed by atoms with Crippen LogP contribution in [0.3, 0.4) is 0 Å². The van der Waals surface area contributed by atoms with Gasteiger partial charge in [0.1, 0.15) is 0 Å². The number of anilines is 1. The molecule has 0 atom stereocenters. The Labute approximate surface area is 198 Å². The molecule has 0 aliphatic carbocycles. The highest BCUT2D eigenvalue weighted by molar-refractivity contribution is 14.0. The molecule has 0 radical (unpaired) electrons. The first-order chi connectivity index (χ1) is 14.0. The van der Waals surface area contributed by atoms with Crippen molar-refractivity contribution in [2.24, 2.45) is 4.99 Å². The van der Waals surface area contributed by atoms with Crippen molar-refractivity contribution in [1.82, 2.24) is 15.1 Å². The molecule has 1 aliphatic heterocycles. The van der Waals surface area contributed by atoms with Crippen molar-refractivity contribution in [3.05, 3.63) is 65.2 Å². The number of halogens is 2. The molecule has 1 saturated heterocycles. The zero-order valence-corrected chi connectivity index (χ0v) is 19.8. The molecule has 1 fully saturated rings. The van der Waals surface area contributed by atoms with E-state index in [-0.39, 0.29) is 48.9 Å². The average Bonchev–Trinajstić information content (AvgIpc) is 2.72. The maximum absolute atomic E-state index is 12.6. The number of hydrogen-bond donors (Lipinski definition) is 2. The number of carbonyl (C=O) groups is 2. The van der Waals surface area contributed by atoms with Crippen LogP contribution in [0.1, 0.15) is 5.56 Å². The van der Waals surface area contributed by atoms with Gasteiger partial charge in [-0.3, -0.25) is 14.6 Å². The van der Waals surface area contributed by atoms with Gasteiger partial charge in [0.2, 0.25) is 11.8 Å². The van der Waals surface area contributed by atoms with Gasteiger partial charge in [-0.2, -0.15) is 0 Å². The lowest BCUT2D eigenvalue weighted by Gasteiger charge is -2.36. The van der Waals surface area contributed by atoms with Crippen molar-refractivity contribution in [3.63, 3.8) is 0 Å². The molecule has 160 valence electrons. The number of hydrogen-bond acceptors (Lipinski definition) is 3. The van der Waals surface area contributed by atoms with Crippen LogP contribution >= 0.6 is 35.6 Å². The summed E-state index contributed by atoms with van der Waals surface area (Å²) >= 11 is 5.91. The molecule has 1 aliphatic rings. The molecule has 2 aromatic rings. The minimum absolute atomic E-state index is 0. The minimum atomic E-state index is -0.176. The maximum Gasteiger partial charge on any atom is 0.243 e. The van der Waals surface area contributed by atoms with E-state index in [1.165, 1.54) is 0 Å². The third-order valence-electron chi connectivity index (χ3n) is 4.58. The lowest BCUT2D eigenvalue weighted by Crippen LogP contribution is -2.55. The second-order valence-electron chi connectivity index (χ2n) is 6.68. The van der Waals surface area contributed by atoms with E-state index >= 15 is 0 Å². The summed E-state index contributed by atoms with van der Waals surface area (Å²) in [4.78, 5) is 32.6. The highest BCUT2D eigenvalue weighted by Crippen LogP contribution is 2.13. The van der Waals surface area contributed by atoms with E-state index in [0.717, 1.165) is 11.3 Å². The standard InChI is InChI=1S/C21H24ClN5O2.HI/c1-23-21(24-13-19(28)25-18-5-3-2-4-6-18)27-12-11-26(20(29)15-27)14-16-7-9-17(22)10-8-16;/h2-10H,11-15H2,1H3,(H,23,24)(H,25,28);1H. The lowest BCUT2D eigenvalue weighted by atomic mass is 10.2. The van der Waals surface area contributed by atoms with Gasteiger partial charge in [0, 0.05) is 37.4 Å². The predicted octanol–water partition coefficient (Wildman–Crippen LogP) is 2.82. The van der Waals surface area contributed by atoms with Gasteiger partial charge in [-0.25, -0.2) is 0 Å². The predicted molar refractivity (Wildman–Crippen MR) is 130 cm³/mol. The van der Waals surface area contributed by atoms with Gasteiger partial charge in [0.15, 0.2) is 5.96 Å². The Morgan fingerprint density at radius 1 is 1.10 bits per heavy atom. The summed E-state index contributed by atoms with van der Waals surface area (Å²) in [6.07, 6.45) is 0. The number of rotatable bonds is 5. The molecule has 3 rings (SSSR count). The topological polar surface area (TPSA) is 77.0 Å². The highest BCUT2D eigenvalue weighted by atomic mass is 127. The van der Waals surface area contributed by atoms with Gasteiger partial charge in [-0.1, -0.05) is 41.9 Å². The molecule has 0 spiro atoms. The summed E-state index contributed by atoms with van der Waals surface area (Å²) in [6.45, 7) is 2.06. The molecule has 0 aromatic heterocycles. The molecule has 0 unspecified atom stereocenters. The van der Waals surface area contributed by atoms with Crippen LogP contribution in [-0.2, 0) is 16.1 Å². The number of carbonyl (C=O) groups excluding carboxylic acids is 2. The Hall–Kier alpha value is -2.33. The zero-order chi connectivity index (χ0) is 20.6. The van der Waals surface area contributed by atoms with E-state index < -0.39 is 0 Å². The molecule has 1 heterocycles. The minimum Gasteiger partial charge on any atom is -0.347 e. The van der Waals surface area contributed by atoms with Crippen LogP contribution in [0, 0.1) is 0 Å². The van der Waals surface area contributed by atoms with Crippen LogP contribution in [0.4, 0.5) is 5.69 Å². The monoisotopic (exact) mass is 541 g/mol. The number of nitrogens with one attached hydrogen (secondary N) is 2. The van der Waals surface area contributed by atoms with Gasteiger partial charge in [-0.15, -0.1) is 24.0 Å². The quantitative estimate of drug-likeness (QED) is 0.347. The molecule has 2 amide bonds. The Bertz CT molecular complexity index is 877. The Kier molecular flexibility index (Phi) is 9.38. The Morgan fingerprint density at radius 2 is 1.80 bits per heavy atom. The van der Waals surface area contributed by atoms with Crippen LogP contribution in [0.25, 0.3) is 0 Å². The van der Waals surface area contributed by atoms with Crippen molar-refractivity contribution in [1.29, 1.82) is 0 Å². The van der Waals surface area contributed by atoms with Gasteiger partial charge in [-0.05, 0) is 29.8 Å². The second kappa shape index (κ2) is 11.8. The molecular weight excluding hydrogens is 517 g/mol. The summed E-state index contributed by atoms with van der Waals surface area (Å²) in [7, 11) is 1.64. The molecular formula is C21H25ClIN5O2. The van der Waals surface area contributed by atoms with Crippen molar-refractivity contribution in [3.8, 4) is 0 Å². The van der Waals surface area contributed by atoms with Crippen LogP contribution < -0.4 is 10.6 Å². The molecule has 2 aromatic carbocycles. The number of para-hydroxylation sites is 1. The summed E-state index contributed by atoms with van der Waals surface area (Å²) in [6, 6.07) is 16.7. The van der Waals surface area contributed by atoms with Crippen molar-refractivity contribution in [2.45, 2.75) is 6.54 Å². The zero-order valence-electron chi connectivity index (χ0n) is 16.7. The van der Waals surface area contributed by atoms with E-state index in [4.69, 9.17) is 11.6 Å². The van der Waals surface area contributed by atoms with Gasteiger partial charge < -0.3 is 20.4 Å². The highest BCUT2D eigenvalue weighted by Gasteiger charge is 2.26. The molecule has 2 N–H and O–H groups in total. The van der Waals surface area contributed by atoms with Crippen LogP contribution in [0.2, 0.25) is 5.02 Å². The Morgan fingerprint density at radius 3 is 2.43 bits per heavy atom. The number of nitrogens with zero attached hydrogens (tertiary/aromatic N) is 3. The van der Waals surface area contributed by atoms with Crippen LogP contribution in [-0.4, -0.2) is 60.8 Å². The van der Waals surface area contributed by atoms with Gasteiger partial charge >= 0.3 is 0 Å². The van der Waals surface area contributed by atoms with Gasteiger partial charge in [0.25, 0.3) is 0 Å². The number of amides is 2. The molecule has 7 nitrogen and oxygen atoms in total. The number of benzene rings is 2. The summed E-state index contributed by atoms with van der Waals surface area (Å²) in [5.41, 5.74) is 1.77. The van der Waals surface area contributed by atoms with E-state index in [2.05, 4.69) is 15.6 Å². The van der Waals surface area contributed by atoms with E-state index in [1.54, 1.807) is 7.05 Å². The normalized spacial score (nSPS) is 14.2. The second-order valence-corrected chi connectivity index (χ2v) is 7.11. The number of aliphatic imine (C=N–C) groups is 1. The first-order valence-corrected chi connectivity index (χ1v) is 9.75. The molecule has 0 saturated carbocycles. The van der Waals surface area contributed by atoms with Crippen molar-refractivity contribution < 1.29 is 9.59 Å². The first-order valence-electron chi connectivity index (χ1n) is 9.38. The molecule has 0 bridgehead atoms. The number of guanidine groups is 1. The maximum atomic E-state index is 12.6. The van der Waals surface area contributed by atoms with Gasteiger partial charge in [0.05, 0.1) is 13.1 Å². The van der Waals surface area contributed by atoms with Crippen molar-refractivity contribution >= 4 is 59.0 Å². The SMILES string of the molecule is CN=C(NCC(=O)Nc1ccccc1)N1CCN(Cc2ccc(Cl)cc2)C(=O)C1.I. The third-order valence-corrected chi connectivity index (χ3v) is 4.83. The van der Waals surface area contributed by atoms with E-state index in [0.29, 0.717) is 30.6 Å². The summed E-state index contributed by atoms with van der Waals surface area (Å²) < 4.78 is 0. The Balaban J connectivity index is 0.00000320. The fourth-order valence-electron chi connectivity index (χ4n) is 3.08. The van der Waals surface area contributed by atoms with E-state index in [1.807, 2.05) is 64.4 Å². The fourth-order valence-corrected chi connectivity index (χ4v) is 3.21. The molecule has 30 heavy (non-hydrogen) atoms. The summed E-state index contributed by atoms with van der Waals surface area (Å²) in [5.74, 6) is 0.376. The van der Waals surface area contributed by atoms with Crippen LogP contribution in [0.15, 0.2) is 59.6 Å². The smallest absolute Gasteiger partial charge is 0.243 e.